The summed E-state index contributed by atoms with van der Waals surface area (Å²) in [7, 11) is -4.21. The van der Waals surface area contributed by atoms with Crippen molar-refractivity contribution in [3.63, 3.8) is 0 Å². The quantitative estimate of drug-likeness (QED) is 0.310. The monoisotopic (exact) mass is 528 g/mol. The lowest BCUT2D eigenvalue weighted by molar-refractivity contribution is -0.274. The molecule has 0 heterocycles. The first-order valence-electron chi connectivity index (χ1n) is 11.2. The highest BCUT2D eigenvalue weighted by molar-refractivity contribution is 7.93. The van der Waals surface area contributed by atoms with E-state index in [1.165, 1.54) is 18.2 Å². The van der Waals surface area contributed by atoms with Gasteiger partial charge in [0.1, 0.15) is 12.3 Å². The number of ether oxygens (including phenoxy) is 1. The van der Waals surface area contributed by atoms with Crippen molar-refractivity contribution in [1.82, 2.24) is 0 Å². The van der Waals surface area contributed by atoms with Gasteiger partial charge in [0.05, 0.1) is 10.6 Å². The van der Waals surface area contributed by atoms with Gasteiger partial charge >= 0.3 is 6.36 Å². The number of hydrogen-bond donors (Lipinski definition) is 1. The van der Waals surface area contributed by atoms with Gasteiger partial charge < -0.3 is 10.1 Å². The highest BCUT2D eigenvalue weighted by atomic mass is 32.2. The van der Waals surface area contributed by atoms with Crippen LogP contribution in [-0.2, 0) is 14.8 Å². The fraction of sp³-hybridized carbons (Fsp3) is 0.148. The topological polar surface area (TPSA) is 75.7 Å². The summed E-state index contributed by atoms with van der Waals surface area (Å²) in [4.78, 5) is 13.1. The number of halogens is 3. The Hall–Kier alpha value is -4.05. The van der Waals surface area contributed by atoms with Gasteiger partial charge in [0.25, 0.3) is 10.0 Å². The Kier molecular flexibility index (Phi) is 7.13. The number of hydrogen-bond acceptors (Lipinski definition) is 4. The number of aryl methyl sites for hydroxylation is 1. The van der Waals surface area contributed by atoms with Gasteiger partial charge in [-0.1, -0.05) is 48.5 Å². The number of fused-ring (bicyclic) bond motifs is 1. The highest BCUT2D eigenvalue weighted by Crippen LogP contribution is 2.32. The largest absolute Gasteiger partial charge is 0.573 e. The zero-order valence-electron chi connectivity index (χ0n) is 19.9. The molecule has 0 aromatic heterocycles. The normalized spacial score (nSPS) is 11.8. The van der Waals surface area contributed by atoms with E-state index < -0.39 is 34.6 Å². The number of nitrogens with zero attached hydrogens (tertiary/aromatic N) is 1. The number of sulfonamides is 1. The maximum atomic E-state index is 14.0. The number of nitrogens with one attached hydrogen (secondary N) is 1. The van der Waals surface area contributed by atoms with E-state index in [1.807, 2.05) is 13.0 Å². The second-order valence-corrected chi connectivity index (χ2v) is 10.2. The first-order valence-corrected chi connectivity index (χ1v) is 12.6. The molecule has 4 aromatic rings. The third kappa shape index (κ3) is 5.86. The molecule has 10 heteroatoms. The lowest BCUT2D eigenvalue weighted by atomic mass is 10.1. The third-order valence-corrected chi connectivity index (χ3v) is 7.64. The summed E-state index contributed by atoms with van der Waals surface area (Å²) in [6, 6.07) is 21.7. The summed E-state index contributed by atoms with van der Waals surface area (Å²) < 4.78 is 70.1. The lowest BCUT2D eigenvalue weighted by Crippen LogP contribution is -2.38. The first-order chi connectivity index (χ1) is 17.5. The van der Waals surface area contributed by atoms with Crippen molar-refractivity contribution in [3.05, 3.63) is 96.1 Å². The molecule has 0 saturated heterocycles. The van der Waals surface area contributed by atoms with Crippen molar-refractivity contribution in [2.45, 2.75) is 25.1 Å². The Morgan fingerprint density at radius 3 is 2.24 bits per heavy atom. The van der Waals surface area contributed by atoms with Crippen molar-refractivity contribution in [2.24, 2.45) is 0 Å². The van der Waals surface area contributed by atoms with Crippen molar-refractivity contribution in [1.29, 1.82) is 0 Å². The SMILES string of the molecule is Cc1cccc(N(CC(=O)Nc2ccc(OC(F)(F)F)cc2)S(=O)(=O)c2cccc3ccccc23)c1C. The summed E-state index contributed by atoms with van der Waals surface area (Å²) in [5, 5.41) is 3.79. The highest BCUT2D eigenvalue weighted by Gasteiger charge is 2.31. The molecule has 37 heavy (non-hydrogen) atoms. The van der Waals surface area contributed by atoms with Gasteiger partial charge in [0.15, 0.2) is 0 Å². The van der Waals surface area contributed by atoms with E-state index in [2.05, 4.69) is 10.1 Å². The Labute approximate surface area is 212 Å². The van der Waals surface area contributed by atoms with Gasteiger partial charge in [-0.05, 0) is 66.8 Å². The second-order valence-electron chi connectivity index (χ2n) is 8.33. The average Bonchev–Trinajstić information content (AvgIpc) is 2.84. The van der Waals surface area contributed by atoms with E-state index in [0.29, 0.717) is 16.6 Å². The predicted molar refractivity (Wildman–Crippen MR) is 136 cm³/mol. The molecule has 0 aliphatic rings. The smallest absolute Gasteiger partial charge is 0.406 e. The van der Waals surface area contributed by atoms with Crippen LogP contribution in [0.2, 0.25) is 0 Å². The summed E-state index contributed by atoms with van der Waals surface area (Å²) in [5.41, 5.74) is 2.06. The number of benzene rings is 4. The number of carbonyl (C=O) groups excluding carboxylic acids is 1. The van der Waals surface area contributed by atoms with Crippen LogP contribution in [-0.4, -0.2) is 27.2 Å². The molecule has 1 N–H and O–H groups in total. The van der Waals surface area contributed by atoms with Gasteiger partial charge in [0, 0.05) is 11.1 Å². The van der Waals surface area contributed by atoms with E-state index in [0.717, 1.165) is 27.4 Å². The Morgan fingerprint density at radius 2 is 1.54 bits per heavy atom. The number of carbonyl (C=O) groups is 1. The van der Waals surface area contributed by atoms with Crippen molar-refractivity contribution < 1.29 is 31.1 Å². The molecular weight excluding hydrogens is 505 g/mol. The van der Waals surface area contributed by atoms with Crippen molar-refractivity contribution >= 4 is 38.1 Å². The second kappa shape index (κ2) is 10.1. The predicted octanol–water partition coefficient (Wildman–Crippen LogP) is 6.19. The zero-order valence-corrected chi connectivity index (χ0v) is 20.7. The molecule has 1 amide bonds. The molecule has 0 aliphatic heterocycles. The molecule has 0 spiro atoms. The Bertz CT molecular complexity index is 1550. The summed E-state index contributed by atoms with van der Waals surface area (Å²) in [6.07, 6.45) is -4.84. The van der Waals surface area contributed by atoms with Gasteiger partial charge in [0.2, 0.25) is 5.91 Å². The summed E-state index contributed by atoms with van der Waals surface area (Å²) in [5.74, 6) is -1.12. The van der Waals surface area contributed by atoms with Gasteiger partial charge in [-0.15, -0.1) is 13.2 Å². The summed E-state index contributed by atoms with van der Waals surface area (Å²) >= 11 is 0. The molecule has 0 aliphatic carbocycles. The van der Waals surface area contributed by atoms with E-state index in [1.54, 1.807) is 55.5 Å². The number of anilines is 2. The molecule has 0 radical (unpaired) electrons. The van der Waals surface area contributed by atoms with E-state index in [4.69, 9.17) is 0 Å². The molecule has 4 aromatic carbocycles. The molecule has 0 fully saturated rings. The van der Waals surface area contributed by atoms with Gasteiger partial charge in [-0.25, -0.2) is 8.42 Å². The van der Waals surface area contributed by atoms with Crippen LogP contribution in [0.4, 0.5) is 24.5 Å². The molecule has 4 rings (SSSR count). The fourth-order valence-corrected chi connectivity index (χ4v) is 5.61. The minimum absolute atomic E-state index is 0.0490. The summed E-state index contributed by atoms with van der Waals surface area (Å²) in [6.45, 7) is 3.05. The number of amides is 1. The van der Waals surface area contributed by atoms with Crippen molar-refractivity contribution in [2.75, 3.05) is 16.2 Å². The molecule has 0 saturated carbocycles. The number of alkyl halides is 3. The molecule has 192 valence electrons. The molecule has 0 bridgehead atoms. The maximum absolute atomic E-state index is 14.0. The van der Waals surface area contributed by atoms with Crippen LogP contribution >= 0.6 is 0 Å². The van der Waals surface area contributed by atoms with E-state index in [-0.39, 0.29) is 10.6 Å². The number of rotatable bonds is 7. The van der Waals surface area contributed by atoms with Crippen LogP contribution in [0.1, 0.15) is 11.1 Å². The Morgan fingerprint density at radius 1 is 0.892 bits per heavy atom. The maximum Gasteiger partial charge on any atom is 0.573 e. The fourth-order valence-electron chi connectivity index (χ4n) is 3.92. The van der Waals surface area contributed by atoms with Crippen LogP contribution in [0.3, 0.4) is 0 Å². The van der Waals surface area contributed by atoms with Gasteiger partial charge in [-0.2, -0.15) is 0 Å². The van der Waals surface area contributed by atoms with Crippen LogP contribution in [0.25, 0.3) is 10.8 Å². The van der Waals surface area contributed by atoms with E-state index >= 15 is 0 Å². The average molecular weight is 529 g/mol. The van der Waals surface area contributed by atoms with Crippen LogP contribution in [0.15, 0.2) is 89.8 Å². The molecular formula is C27H23F3N2O4S. The van der Waals surface area contributed by atoms with Gasteiger partial charge in [-0.3, -0.25) is 9.10 Å². The molecule has 0 atom stereocenters. The third-order valence-electron chi connectivity index (χ3n) is 5.82. The first kappa shape index (κ1) is 26.0. The van der Waals surface area contributed by atoms with Crippen LogP contribution in [0, 0.1) is 13.8 Å². The Balaban J connectivity index is 1.69. The van der Waals surface area contributed by atoms with Crippen molar-refractivity contribution in [3.8, 4) is 5.75 Å². The van der Waals surface area contributed by atoms with E-state index in [9.17, 15) is 26.4 Å². The van der Waals surface area contributed by atoms with Crippen LogP contribution < -0.4 is 14.4 Å². The standard InChI is InChI=1S/C27H23F3N2O4S/c1-18-7-5-11-24(19(18)2)32(37(34,35)25-12-6-9-20-8-3-4-10-23(20)25)17-26(33)31-21-13-15-22(16-14-21)36-27(28,29)30/h3-16H,17H2,1-2H3,(H,31,33). The minimum Gasteiger partial charge on any atom is -0.406 e. The lowest BCUT2D eigenvalue weighted by Gasteiger charge is -2.27. The zero-order chi connectivity index (χ0) is 26.8. The van der Waals surface area contributed by atoms with Crippen LogP contribution in [0.5, 0.6) is 5.75 Å². The molecule has 0 unspecified atom stereocenters. The minimum atomic E-state index is -4.84. The molecule has 6 nitrogen and oxygen atoms in total.